The highest BCUT2D eigenvalue weighted by molar-refractivity contribution is 9.10. The van der Waals surface area contributed by atoms with Crippen molar-refractivity contribution >= 4 is 39.8 Å². The highest BCUT2D eigenvalue weighted by Crippen LogP contribution is 2.27. The number of ether oxygens (including phenoxy) is 2. The number of hydrogen-bond acceptors (Lipinski definition) is 7. The van der Waals surface area contributed by atoms with Gasteiger partial charge in [-0.15, -0.1) is 0 Å². The van der Waals surface area contributed by atoms with E-state index in [9.17, 15) is 19.7 Å². The molecule has 0 radical (unpaired) electrons. The normalized spacial score (nSPS) is 11.3. The molecule has 0 aliphatic heterocycles. The van der Waals surface area contributed by atoms with Gasteiger partial charge in [0.15, 0.2) is 0 Å². The van der Waals surface area contributed by atoms with Crippen molar-refractivity contribution in [1.82, 2.24) is 10.6 Å². The molecule has 1 aromatic carbocycles. The number of rotatable bonds is 3. The van der Waals surface area contributed by atoms with E-state index < -0.39 is 28.3 Å². The second-order valence-corrected chi connectivity index (χ2v) is 8.77. The van der Waals surface area contributed by atoms with E-state index in [1.54, 1.807) is 47.6 Å². The first-order chi connectivity index (χ1) is 13.2. The Kier molecular flexibility index (Phi) is 8.13. The van der Waals surface area contributed by atoms with Crippen LogP contribution in [0.4, 0.5) is 15.3 Å². The average molecular weight is 473 g/mol. The molecule has 160 valence electrons. The fourth-order valence-electron chi connectivity index (χ4n) is 1.94. The van der Waals surface area contributed by atoms with Crippen molar-refractivity contribution in [1.29, 1.82) is 0 Å². The second-order valence-electron chi connectivity index (χ2n) is 7.91. The number of amides is 2. The first-order valence-corrected chi connectivity index (χ1v) is 9.43. The monoisotopic (exact) mass is 472 g/mol. The van der Waals surface area contributed by atoms with Crippen LogP contribution >= 0.6 is 15.9 Å². The third-order valence-electron chi connectivity index (χ3n) is 2.92. The Hall–Kier alpha value is -2.69. The van der Waals surface area contributed by atoms with Gasteiger partial charge >= 0.3 is 12.2 Å². The summed E-state index contributed by atoms with van der Waals surface area (Å²) in [6.07, 6.45) is -1.71. The number of nitro groups is 1. The summed E-state index contributed by atoms with van der Waals surface area (Å²) >= 11 is 3.25. The molecule has 0 aromatic heterocycles. The van der Waals surface area contributed by atoms with Gasteiger partial charge in [0.25, 0.3) is 5.69 Å². The molecule has 0 atom stereocenters. The van der Waals surface area contributed by atoms with Gasteiger partial charge in [0.2, 0.25) is 5.96 Å². The molecule has 0 bridgehead atoms. The number of benzene rings is 1. The fraction of sp³-hybridized carbons (Fsp3) is 0.500. The number of alkyl carbamates (subject to hydrolysis) is 2. The van der Waals surface area contributed by atoms with E-state index in [2.05, 4.69) is 31.6 Å². The highest BCUT2D eigenvalue weighted by atomic mass is 79.9. The van der Waals surface area contributed by atoms with Crippen LogP contribution in [0, 0.1) is 10.1 Å². The quantitative estimate of drug-likeness (QED) is 0.292. The van der Waals surface area contributed by atoms with Gasteiger partial charge in [-0.05, 0) is 47.6 Å². The van der Waals surface area contributed by atoms with E-state index >= 15 is 0 Å². The largest absolute Gasteiger partial charge is 0.444 e. The predicted molar refractivity (Wildman–Crippen MR) is 111 cm³/mol. The fourth-order valence-corrected chi connectivity index (χ4v) is 2.42. The molecule has 10 nitrogen and oxygen atoms in total. The first kappa shape index (κ1) is 24.3. The number of nitro benzene ring substituents is 1. The third kappa shape index (κ3) is 9.37. The molecule has 0 aliphatic carbocycles. The van der Waals surface area contributed by atoms with Gasteiger partial charge in [-0.2, -0.15) is 0 Å². The minimum atomic E-state index is -0.853. The van der Waals surface area contributed by atoms with Gasteiger partial charge in [-0.25, -0.2) is 14.6 Å². The number of guanidine groups is 1. The molecule has 0 saturated heterocycles. The van der Waals surface area contributed by atoms with E-state index in [1.165, 1.54) is 12.1 Å². The maximum atomic E-state index is 12.1. The van der Waals surface area contributed by atoms with Crippen LogP contribution in [0.25, 0.3) is 0 Å². The van der Waals surface area contributed by atoms with Crippen LogP contribution in [0.15, 0.2) is 27.7 Å². The number of carbonyl (C=O) groups excluding carboxylic acids is 2. The Morgan fingerprint density at radius 2 is 1.55 bits per heavy atom. The van der Waals surface area contributed by atoms with E-state index in [0.29, 0.717) is 4.47 Å². The number of halogens is 1. The predicted octanol–water partition coefficient (Wildman–Crippen LogP) is 4.26. The van der Waals surface area contributed by atoms with Crippen molar-refractivity contribution in [3.8, 4) is 0 Å². The molecule has 2 amide bonds. The molecule has 11 heteroatoms. The summed E-state index contributed by atoms with van der Waals surface area (Å²) in [5, 5.41) is 15.9. The van der Waals surface area contributed by atoms with Crippen LogP contribution in [-0.4, -0.2) is 34.3 Å². The molecule has 1 rings (SSSR count). The molecule has 0 unspecified atom stereocenters. The number of aliphatic imine (C=N–C) groups is 1. The molecule has 2 N–H and O–H groups in total. The molecular weight excluding hydrogens is 448 g/mol. The lowest BCUT2D eigenvalue weighted by molar-refractivity contribution is -0.385. The Morgan fingerprint density at radius 1 is 1.07 bits per heavy atom. The summed E-state index contributed by atoms with van der Waals surface area (Å²) in [6, 6.07) is 4.48. The lowest BCUT2D eigenvalue weighted by Crippen LogP contribution is -2.47. The Balaban J connectivity index is 3.12. The molecule has 0 aliphatic rings. The Morgan fingerprint density at radius 3 is 1.97 bits per heavy atom. The van der Waals surface area contributed by atoms with Crippen molar-refractivity contribution in [2.75, 3.05) is 0 Å². The van der Waals surface area contributed by atoms with Crippen molar-refractivity contribution < 1.29 is 24.0 Å². The van der Waals surface area contributed by atoms with E-state index in [-0.39, 0.29) is 23.8 Å². The standard InChI is InChI=1S/C18H25BrN4O6/c1-17(2,3)28-15(24)21-14(22-16(25)29-18(4,5)6)20-10-11-12(19)8-7-9-13(11)23(26)27/h7-9H,10H2,1-6H3,(H2,20,21,22,24,25). The summed E-state index contributed by atoms with van der Waals surface area (Å²) in [7, 11) is 0. The maximum absolute atomic E-state index is 12.1. The molecule has 0 spiro atoms. The zero-order valence-corrected chi connectivity index (χ0v) is 18.7. The minimum absolute atomic E-state index is 0.156. The van der Waals surface area contributed by atoms with Crippen LogP contribution in [0.5, 0.6) is 0 Å². The molecule has 29 heavy (non-hydrogen) atoms. The SMILES string of the molecule is CC(C)(C)OC(=O)NC(=NCc1c(Br)cccc1[N+](=O)[O-])NC(=O)OC(C)(C)C. The second kappa shape index (κ2) is 9.68. The van der Waals surface area contributed by atoms with Crippen molar-refractivity contribution in [2.24, 2.45) is 4.99 Å². The van der Waals surface area contributed by atoms with Crippen LogP contribution < -0.4 is 10.6 Å². The molecule has 0 fully saturated rings. The van der Waals surface area contributed by atoms with Crippen LogP contribution in [-0.2, 0) is 16.0 Å². The van der Waals surface area contributed by atoms with Crippen molar-refractivity contribution in [3.05, 3.63) is 38.3 Å². The third-order valence-corrected chi connectivity index (χ3v) is 3.67. The summed E-state index contributed by atoms with van der Waals surface area (Å²) in [4.78, 5) is 38.9. The number of nitrogens with zero attached hydrogens (tertiary/aromatic N) is 2. The summed E-state index contributed by atoms with van der Waals surface area (Å²) < 4.78 is 10.8. The zero-order valence-electron chi connectivity index (χ0n) is 17.2. The zero-order chi connectivity index (χ0) is 22.4. The number of nitrogens with one attached hydrogen (secondary N) is 2. The van der Waals surface area contributed by atoms with E-state index in [1.807, 2.05) is 0 Å². The first-order valence-electron chi connectivity index (χ1n) is 8.64. The molecule has 1 aromatic rings. The highest BCUT2D eigenvalue weighted by Gasteiger charge is 2.22. The lowest BCUT2D eigenvalue weighted by atomic mass is 10.2. The summed E-state index contributed by atoms with van der Waals surface area (Å²) in [6.45, 7) is 9.86. The van der Waals surface area contributed by atoms with Crippen LogP contribution in [0.1, 0.15) is 47.1 Å². The van der Waals surface area contributed by atoms with Crippen molar-refractivity contribution in [3.63, 3.8) is 0 Å². The van der Waals surface area contributed by atoms with Gasteiger partial charge in [0, 0.05) is 10.5 Å². The average Bonchev–Trinajstić information content (AvgIpc) is 2.49. The van der Waals surface area contributed by atoms with Gasteiger partial charge in [0.05, 0.1) is 17.0 Å². The molecule has 0 heterocycles. The summed E-state index contributed by atoms with van der Waals surface area (Å²) in [5.74, 6) is -0.265. The Labute approximate surface area is 177 Å². The van der Waals surface area contributed by atoms with Gasteiger partial charge in [0.1, 0.15) is 11.2 Å². The van der Waals surface area contributed by atoms with Crippen molar-refractivity contribution in [2.45, 2.75) is 59.3 Å². The van der Waals surface area contributed by atoms with E-state index in [0.717, 1.165) is 0 Å². The van der Waals surface area contributed by atoms with Crippen LogP contribution in [0.2, 0.25) is 0 Å². The van der Waals surface area contributed by atoms with Crippen LogP contribution in [0.3, 0.4) is 0 Å². The van der Waals surface area contributed by atoms with Gasteiger partial charge in [-0.3, -0.25) is 20.7 Å². The molecular formula is C18H25BrN4O6. The van der Waals surface area contributed by atoms with E-state index in [4.69, 9.17) is 9.47 Å². The maximum Gasteiger partial charge on any atom is 0.414 e. The Bertz CT molecular complexity index is 780. The molecule has 0 saturated carbocycles. The topological polar surface area (TPSA) is 132 Å². The number of carbonyl (C=O) groups is 2. The minimum Gasteiger partial charge on any atom is -0.444 e. The van der Waals surface area contributed by atoms with Gasteiger partial charge in [-0.1, -0.05) is 22.0 Å². The van der Waals surface area contributed by atoms with Gasteiger partial charge < -0.3 is 9.47 Å². The lowest BCUT2D eigenvalue weighted by Gasteiger charge is -2.22. The summed E-state index contributed by atoms with van der Waals surface area (Å²) in [5.41, 5.74) is -1.44. The number of hydrogen-bond donors (Lipinski definition) is 2. The smallest absolute Gasteiger partial charge is 0.414 e.